The Hall–Kier alpha value is -1.35. The Kier molecular flexibility index (Phi) is 4.59. The number of anilines is 1. The van der Waals surface area contributed by atoms with E-state index in [0.29, 0.717) is 12.3 Å². The summed E-state index contributed by atoms with van der Waals surface area (Å²) in [4.78, 5) is 14.4. The van der Waals surface area contributed by atoms with Crippen LogP contribution < -0.4 is 5.32 Å². The Balaban J connectivity index is 1.89. The summed E-state index contributed by atoms with van der Waals surface area (Å²) in [6.07, 6.45) is 2.93. The first kappa shape index (κ1) is 14.1. The fourth-order valence-electron chi connectivity index (χ4n) is 2.62. The molecule has 0 atom stereocenters. The molecule has 0 radical (unpaired) electrons. The highest BCUT2D eigenvalue weighted by atomic mass is 16.1. The zero-order chi connectivity index (χ0) is 13.8. The topological polar surface area (TPSA) is 32.3 Å². The van der Waals surface area contributed by atoms with Crippen LogP contribution >= 0.6 is 0 Å². The van der Waals surface area contributed by atoms with Crippen molar-refractivity contribution < 1.29 is 4.79 Å². The van der Waals surface area contributed by atoms with Crippen molar-refractivity contribution >= 4 is 11.6 Å². The van der Waals surface area contributed by atoms with Crippen LogP contribution in [0.25, 0.3) is 0 Å². The van der Waals surface area contributed by atoms with E-state index < -0.39 is 0 Å². The van der Waals surface area contributed by atoms with E-state index in [2.05, 4.69) is 37.2 Å². The van der Waals surface area contributed by atoms with E-state index in [1.807, 2.05) is 12.1 Å². The molecule has 1 aliphatic heterocycles. The molecule has 1 fully saturated rings. The van der Waals surface area contributed by atoms with E-state index in [1.165, 1.54) is 11.1 Å². The molecule has 1 heterocycles. The summed E-state index contributed by atoms with van der Waals surface area (Å²) in [7, 11) is 2.15. The van der Waals surface area contributed by atoms with Gasteiger partial charge >= 0.3 is 0 Å². The highest BCUT2D eigenvalue weighted by molar-refractivity contribution is 5.91. The molecule has 0 saturated carbocycles. The lowest BCUT2D eigenvalue weighted by atomic mass is 9.93. The van der Waals surface area contributed by atoms with Gasteiger partial charge in [0.1, 0.15) is 0 Å². The predicted octanol–water partition coefficient (Wildman–Crippen LogP) is 2.97. The molecule has 1 amide bonds. The molecule has 1 N–H and O–H groups in total. The first-order valence-electron chi connectivity index (χ1n) is 7.11. The summed E-state index contributed by atoms with van der Waals surface area (Å²) in [6, 6.07) is 6.05. The number of hydrogen-bond donors (Lipinski definition) is 1. The van der Waals surface area contributed by atoms with Crippen molar-refractivity contribution in [3.8, 4) is 0 Å². The second kappa shape index (κ2) is 6.20. The van der Waals surface area contributed by atoms with Crippen LogP contribution in [0.15, 0.2) is 18.2 Å². The van der Waals surface area contributed by atoms with E-state index in [4.69, 9.17) is 0 Å². The number of nitrogens with zero attached hydrogens (tertiary/aromatic N) is 1. The van der Waals surface area contributed by atoms with Gasteiger partial charge in [-0.25, -0.2) is 0 Å². The number of nitrogens with one attached hydrogen (secondary N) is 1. The van der Waals surface area contributed by atoms with Crippen LogP contribution in [0.5, 0.6) is 0 Å². The summed E-state index contributed by atoms with van der Waals surface area (Å²) in [6.45, 7) is 6.35. The van der Waals surface area contributed by atoms with Crippen LogP contribution in [0, 0.1) is 19.8 Å². The van der Waals surface area contributed by atoms with E-state index >= 15 is 0 Å². The van der Waals surface area contributed by atoms with Crippen LogP contribution in [-0.2, 0) is 4.79 Å². The van der Waals surface area contributed by atoms with Crippen molar-refractivity contribution in [3.63, 3.8) is 0 Å². The maximum absolute atomic E-state index is 12.1. The minimum Gasteiger partial charge on any atom is -0.326 e. The molecular weight excluding hydrogens is 236 g/mol. The number of carbonyl (C=O) groups excluding carboxylic acids is 1. The molecule has 2 rings (SSSR count). The summed E-state index contributed by atoms with van der Waals surface area (Å²) in [5.74, 6) is 0.699. The second-order valence-corrected chi connectivity index (χ2v) is 5.75. The minimum absolute atomic E-state index is 0.156. The summed E-state index contributed by atoms with van der Waals surface area (Å²) < 4.78 is 0. The molecule has 3 heteroatoms. The minimum atomic E-state index is 0.156. The average Bonchev–Trinajstić information content (AvgIpc) is 2.38. The third-order valence-electron chi connectivity index (χ3n) is 4.19. The van der Waals surface area contributed by atoms with Gasteiger partial charge in [-0.1, -0.05) is 12.1 Å². The normalized spacial score (nSPS) is 17.4. The van der Waals surface area contributed by atoms with Gasteiger partial charge in [0, 0.05) is 12.1 Å². The molecule has 19 heavy (non-hydrogen) atoms. The molecule has 104 valence electrons. The molecule has 1 aromatic rings. The standard InChI is InChI=1S/C16H24N2O/c1-12-5-4-6-15(13(12)2)17-16(19)11-14-7-9-18(3)10-8-14/h4-6,14H,7-11H2,1-3H3,(H,17,19). The molecular formula is C16H24N2O. The van der Waals surface area contributed by atoms with Crippen molar-refractivity contribution in [1.29, 1.82) is 0 Å². The highest BCUT2D eigenvalue weighted by Crippen LogP contribution is 2.22. The van der Waals surface area contributed by atoms with Gasteiger partial charge in [-0.3, -0.25) is 4.79 Å². The maximum Gasteiger partial charge on any atom is 0.224 e. The first-order valence-corrected chi connectivity index (χ1v) is 7.11. The summed E-state index contributed by atoms with van der Waals surface area (Å²) in [5, 5.41) is 3.06. The fourth-order valence-corrected chi connectivity index (χ4v) is 2.62. The quantitative estimate of drug-likeness (QED) is 0.906. The van der Waals surface area contributed by atoms with Crippen LogP contribution in [0.2, 0.25) is 0 Å². The van der Waals surface area contributed by atoms with Gasteiger partial charge in [-0.15, -0.1) is 0 Å². The molecule has 3 nitrogen and oxygen atoms in total. The van der Waals surface area contributed by atoms with E-state index in [1.54, 1.807) is 0 Å². The number of benzene rings is 1. The second-order valence-electron chi connectivity index (χ2n) is 5.75. The van der Waals surface area contributed by atoms with Gasteiger partial charge in [0.25, 0.3) is 0 Å². The molecule has 0 aliphatic carbocycles. The van der Waals surface area contributed by atoms with Crippen LogP contribution in [0.3, 0.4) is 0 Å². The van der Waals surface area contributed by atoms with Gasteiger partial charge < -0.3 is 10.2 Å². The molecule has 0 spiro atoms. The third kappa shape index (κ3) is 3.80. The summed E-state index contributed by atoms with van der Waals surface area (Å²) in [5.41, 5.74) is 3.34. The zero-order valence-corrected chi connectivity index (χ0v) is 12.2. The number of amides is 1. The lowest BCUT2D eigenvalue weighted by Crippen LogP contribution is -2.32. The van der Waals surface area contributed by atoms with Crippen LogP contribution in [0.1, 0.15) is 30.4 Å². The SMILES string of the molecule is Cc1cccc(NC(=O)CC2CCN(C)CC2)c1C. The van der Waals surface area contributed by atoms with E-state index in [-0.39, 0.29) is 5.91 Å². The van der Waals surface area contributed by atoms with E-state index in [9.17, 15) is 4.79 Å². The zero-order valence-electron chi connectivity index (χ0n) is 12.2. The van der Waals surface area contributed by atoms with Gasteiger partial charge in [-0.05, 0) is 69.9 Å². The van der Waals surface area contributed by atoms with Crippen LogP contribution in [0.4, 0.5) is 5.69 Å². The highest BCUT2D eigenvalue weighted by Gasteiger charge is 2.19. The number of rotatable bonds is 3. The average molecular weight is 260 g/mol. The van der Waals surface area contributed by atoms with Crippen molar-refractivity contribution in [2.75, 3.05) is 25.5 Å². The van der Waals surface area contributed by atoms with Crippen molar-refractivity contribution in [2.24, 2.45) is 5.92 Å². The Labute approximate surface area is 116 Å². The largest absolute Gasteiger partial charge is 0.326 e. The van der Waals surface area contributed by atoms with Gasteiger partial charge in [-0.2, -0.15) is 0 Å². The predicted molar refractivity (Wildman–Crippen MR) is 79.4 cm³/mol. The number of aryl methyl sites for hydroxylation is 1. The maximum atomic E-state index is 12.1. The lowest BCUT2D eigenvalue weighted by molar-refractivity contribution is -0.117. The molecule has 1 saturated heterocycles. The number of piperidine rings is 1. The van der Waals surface area contributed by atoms with Crippen molar-refractivity contribution in [3.05, 3.63) is 29.3 Å². The number of carbonyl (C=O) groups is 1. The van der Waals surface area contributed by atoms with Crippen LogP contribution in [-0.4, -0.2) is 30.9 Å². The van der Waals surface area contributed by atoms with Gasteiger partial charge in [0.15, 0.2) is 0 Å². The lowest BCUT2D eigenvalue weighted by Gasteiger charge is -2.28. The van der Waals surface area contributed by atoms with Gasteiger partial charge in [0.2, 0.25) is 5.91 Å². The molecule has 0 aromatic heterocycles. The Morgan fingerprint density at radius 3 is 2.68 bits per heavy atom. The monoisotopic (exact) mass is 260 g/mol. The summed E-state index contributed by atoms with van der Waals surface area (Å²) >= 11 is 0. The van der Waals surface area contributed by atoms with Crippen molar-refractivity contribution in [2.45, 2.75) is 33.1 Å². The number of hydrogen-bond acceptors (Lipinski definition) is 2. The smallest absolute Gasteiger partial charge is 0.224 e. The molecule has 0 unspecified atom stereocenters. The Bertz CT molecular complexity index is 448. The Morgan fingerprint density at radius 1 is 1.32 bits per heavy atom. The Morgan fingerprint density at radius 2 is 2.00 bits per heavy atom. The van der Waals surface area contributed by atoms with Gasteiger partial charge in [0.05, 0.1) is 0 Å². The third-order valence-corrected chi connectivity index (χ3v) is 4.19. The first-order chi connectivity index (χ1) is 9.06. The van der Waals surface area contributed by atoms with E-state index in [0.717, 1.165) is 31.6 Å². The van der Waals surface area contributed by atoms with Crippen molar-refractivity contribution in [1.82, 2.24) is 4.90 Å². The molecule has 0 bridgehead atoms. The molecule has 1 aliphatic rings. The molecule has 1 aromatic carbocycles. The number of likely N-dealkylation sites (tertiary alicyclic amines) is 1. The fraction of sp³-hybridized carbons (Fsp3) is 0.562.